The van der Waals surface area contributed by atoms with Gasteiger partial charge < -0.3 is 5.32 Å². The molecule has 1 N–H and O–H groups in total. The molecule has 0 aliphatic rings. The van der Waals surface area contributed by atoms with E-state index in [2.05, 4.69) is 27.8 Å². The molecule has 0 saturated heterocycles. The number of hydrogen-bond donors (Lipinski definition) is 1. The third-order valence-electron chi connectivity index (χ3n) is 2.34. The number of hydrogen-bond acceptors (Lipinski definition) is 4. The normalized spacial score (nSPS) is 10.8. The van der Waals surface area contributed by atoms with E-state index in [-0.39, 0.29) is 0 Å². The molecule has 2 aromatic rings. The predicted molar refractivity (Wildman–Crippen MR) is 66.1 cm³/mol. The van der Waals surface area contributed by atoms with Crippen LogP contribution in [0.2, 0.25) is 5.02 Å². The highest BCUT2D eigenvalue weighted by atomic mass is 35.5. The van der Waals surface area contributed by atoms with E-state index in [1.807, 2.05) is 0 Å². The van der Waals surface area contributed by atoms with E-state index in [9.17, 15) is 4.39 Å². The minimum absolute atomic E-state index is 0.313. The zero-order chi connectivity index (χ0) is 13.0. The summed E-state index contributed by atoms with van der Waals surface area (Å²) in [5.74, 6) is 0.200. The monoisotopic (exact) mass is 269 g/mol. The Hall–Kier alpha value is -1.53. The Morgan fingerprint density at radius 2 is 2.22 bits per heavy atom. The molecule has 0 unspecified atom stereocenters. The van der Waals surface area contributed by atoms with Gasteiger partial charge in [-0.15, -0.1) is 5.10 Å². The second kappa shape index (κ2) is 5.88. The van der Waals surface area contributed by atoms with Crippen LogP contribution in [0.4, 0.5) is 4.39 Å². The standard InChI is InChI=1S/C11H13ClFN5/c1-2-3-14-7-11-15-16-17-18(11)10-5-8(12)4-9(13)6-10/h4-6,14H,2-3,7H2,1H3. The van der Waals surface area contributed by atoms with Crippen molar-refractivity contribution in [1.82, 2.24) is 25.5 Å². The van der Waals surface area contributed by atoms with Gasteiger partial charge in [-0.3, -0.25) is 0 Å². The number of rotatable bonds is 5. The zero-order valence-corrected chi connectivity index (χ0v) is 10.7. The fourth-order valence-corrected chi connectivity index (χ4v) is 1.77. The lowest BCUT2D eigenvalue weighted by Crippen LogP contribution is -2.17. The van der Waals surface area contributed by atoms with Gasteiger partial charge >= 0.3 is 0 Å². The lowest BCUT2D eigenvalue weighted by molar-refractivity contribution is 0.617. The maximum Gasteiger partial charge on any atom is 0.170 e. The molecule has 0 fully saturated rings. The van der Waals surface area contributed by atoms with Gasteiger partial charge in [0.05, 0.1) is 12.2 Å². The largest absolute Gasteiger partial charge is 0.310 e. The van der Waals surface area contributed by atoms with Crippen LogP contribution in [-0.4, -0.2) is 26.8 Å². The van der Waals surface area contributed by atoms with Crippen molar-refractivity contribution in [3.05, 3.63) is 34.9 Å². The summed E-state index contributed by atoms with van der Waals surface area (Å²) in [6, 6.07) is 4.19. The predicted octanol–water partition coefficient (Wildman–Crippen LogP) is 1.95. The molecule has 0 amide bonds. The third kappa shape index (κ3) is 3.02. The van der Waals surface area contributed by atoms with Gasteiger partial charge in [0.25, 0.3) is 0 Å². The van der Waals surface area contributed by atoms with Crippen molar-refractivity contribution in [2.75, 3.05) is 6.54 Å². The van der Waals surface area contributed by atoms with Gasteiger partial charge in [-0.05, 0) is 41.6 Å². The van der Waals surface area contributed by atoms with Crippen molar-refractivity contribution in [2.24, 2.45) is 0 Å². The van der Waals surface area contributed by atoms with E-state index in [0.29, 0.717) is 23.1 Å². The zero-order valence-electron chi connectivity index (χ0n) is 9.90. The van der Waals surface area contributed by atoms with Gasteiger partial charge in [0.15, 0.2) is 5.82 Å². The van der Waals surface area contributed by atoms with Crippen LogP contribution in [0.25, 0.3) is 5.69 Å². The average Bonchev–Trinajstić information content (AvgIpc) is 2.76. The number of aromatic nitrogens is 4. The Morgan fingerprint density at radius 3 is 2.94 bits per heavy atom. The molecular formula is C11H13ClFN5. The Kier molecular flexibility index (Phi) is 4.22. The molecule has 7 heteroatoms. The van der Waals surface area contributed by atoms with E-state index in [4.69, 9.17) is 11.6 Å². The first-order valence-corrected chi connectivity index (χ1v) is 6.03. The first-order chi connectivity index (χ1) is 8.70. The van der Waals surface area contributed by atoms with Crippen molar-refractivity contribution < 1.29 is 4.39 Å². The second-order valence-electron chi connectivity index (χ2n) is 3.81. The minimum Gasteiger partial charge on any atom is -0.310 e. The molecule has 96 valence electrons. The summed E-state index contributed by atoms with van der Waals surface area (Å²) in [4.78, 5) is 0. The first-order valence-electron chi connectivity index (χ1n) is 5.65. The smallest absolute Gasteiger partial charge is 0.170 e. The summed E-state index contributed by atoms with van der Waals surface area (Å²) in [5, 5.41) is 14.8. The van der Waals surface area contributed by atoms with E-state index in [0.717, 1.165) is 13.0 Å². The number of tetrazole rings is 1. The van der Waals surface area contributed by atoms with Gasteiger partial charge in [0.1, 0.15) is 5.82 Å². The molecule has 0 saturated carbocycles. The van der Waals surface area contributed by atoms with E-state index in [1.54, 1.807) is 6.07 Å². The third-order valence-corrected chi connectivity index (χ3v) is 2.55. The van der Waals surface area contributed by atoms with Gasteiger partial charge in [-0.25, -0.2) is 4.39 Å². The maximum atomic E-state index is 13.3. The topological polar surface area (TPSA) is 55.6 Å². The molecule has 1 aromatic heterocycles. The summed E-state index contributed by atoms with van der Waals surface area (Å²) in [6.45, 7) is 3.47. The van der Waals surface area contributed by atoms with E-state index in [1.165, 1.54) is 16.8 Å². The van der Waals surface area contributed by atoms with Crippen molar-refractivity contribution in [2.45, 2.75) is 19.9 Å². The van der Waals surface area contributed by atoms with Gasteiger partial charge in [0.2, 0.25) is 0 Å². The molecule has 0 atom stereocenters. The molecule has 0 aliphatic carbocycles. The SMILES string of the molecule is CCCNCc1nnnn1-c1cc(F)cc(Cl)c1. The van der Waals surface area contributed by atoms with Crippen LogP contribution < -0.4 is 5.32 Å². The number of nitrogens with one attached hydrogen (secondary N) is 1. The van der Waals surface area contributed by atoms with Crippen molar-refractivity contribution >= 4 is 11.6 Å². The van der Waals surface area contributed by atoms with E-state index >= 15 is 0 Å². The van der Waals surface area contributed by atoms with Crippen LogP contribution in [0.15, 0.2) is 18.2 Å². The quantitative estimate of drug-likeness (QED) is 0.843. The summed E-state index contributed by atoms with van der Waals surface area (Å²) < 4.78 is 14.7. The molecule has 0 radical (unpaired) electrons. The molecule has 18 heavy (non-hydrogen) atoms. The molecule has 0 bridgehead atoms. The molecule has 1 aromatic carbocycles. The molecular weight excluding hydrogens is 257 g/mol. The summed E-state index contributed by atoms with van der Waals surface area (Å²) in [7, 11) is 0. The van der Waals surface area contributed by atoms with Crippen LogP contribution in [0.3, 0.4) is 0 Å². The average molecular weight is 270 g/mol. The minimum atomic E-state index is -0.416. The lowest BCUT2D eigenvalue weighted by atomic mass is 10.3. The summed E-state index contributed by atoms with van der Waals surface area (Å²) in [5.41, 5.74) is 0.512. The number of halogens is 2. The Bertz CT molecular complexity index is 508. The van der Waals surface area contributed by atoms with Gasteiger partial charge in [0, 0.05) is 5.02 Å². The molecule has 0 aliphatic heterocycles. The van der Waals surface area contributed by atoms with Gasteiger partial charge in [-0.1, -0.05) is 18.5 Å². The second-order valence-corrected chi connectivity index (χ2v) is 4.25. The van der Waals surface area contributed by atoms with Crippen LogP contribution in [0.1, 0.15) is 19.2 Å². The molecule has 1 heterocycles. The van der Waals surface area contributed by atoms with Crippen molar-refractivity contribution in [3.63, 3.8) is 0 Å². The molecule has 5 nitrogen and oxygen atoms in total. The fraction of sp³-hybridized carbons (Fsp3) is 0.364. The highest BCUT2D eigenvalue weighted by Gasteiger charge is 2.09. The summed E-state index contributed by atoms with van der Waals surface area (Å²) in [6.07, 6.45) is 1.02. The fourth-order valence-electron chi connectivity index (χ4n) is 1.56. The van der Waals surface area contributed by atoms with Crippen LogP contribution in [0, 0.1) is 5.82 Å². The van der Waals surface area contributed by atoms with Crippen LogP contribution >= 0.6 is 11.6 Å². The Morgan fingerprint density at radius 1 is 1.39 bits per heavy atom. The Labute approximate surface area is 109 Å². The van der Waals surface area contributed by atoms with Crippen LogP contribution in [-0.2, 0) is 6.54 Å². The lowest BCUT2D eigenvalue weighted by Gasteiger charge is -2.06. The number of nitrogens with zero attached hydrogens (tertiary/aromatic N) is 4. The van der Waals surface area contributed by atoms with E-state index < -0.39 is 5.82 Å². The Balaban J connectivity index is 2.24. The maximum absolute atomic E-state index is 13.3. The number of benzene rings is 1. The van der Waals surface area contributed by atoms with Gasteiger partial charge in [-0.2, -0.15) is 4.68 Å². The summed E-state index contributed by atoms with van der Waals surface area (Å²) >= 11 is 5.81. The highest BCUT2D eigenvalue weighted by molar-refractivity contribution is 6.30. The van der Waals surface area contributed by atoms with Crippen LogP contribution in [0.5, 0.6) is 0 Å². The van der Waals surface area contributed by atoms with Crippen molar-refractivity contribution in [3.8, 4) is 5.69 Å². The molecule has 2 rings (SSSR count). The highest BCUT2D eigenvalue weighted by Crippen LogP contribution is 2.17. The first kappa shape index (κ1) is 12.9. The molecule has 0 spiro atoms. The van der Waals surface area contributed by atoms with Crippen molar-refractivity contribution in [1.29, 1.82) is 0 Å².